The Morgan fingerprint density at radius 1 is 0.514 bits per heavy atom. The van der Waals surface area contributed by atoms with Crippen molar-refractivity contribution in [2.45, 2.75) is 0 Å². The average molecular weight is 471 g/mol. The van der Waals surface area contributed by atoms with E-state index in [9.17, 15) is 0 Å². The molecule has 5 aromatic heterocycles. The number of aromatic nitrogens is 6. The summed E-state index contributed by atoms with van der Waals surface area (Å²) in [6.07, 6.45) is 3.74. The van der Waals surface area contributed by atoms with Crippen molar-refractivity contribution in [3.8, 4) is 43.9 Å². The minimum absolute atomic E-state index is 0.825. The van der Waals surface area contributed by atoms with Crippen LogP contribution in [0.4, 0.5) is 0 Å². The van der Waals surface area contributed by atoms with Crippen LogP contribution in [-0.2, 0) is 0 Å². The highest BCUT2D eigenvalue weighted by Gasteiger charge is 2.11. The summed E-state index contributed by atoms with van der Waals surface area (Å²) in [6.45, 7) is 0. The van der Waals surface area contributed by atoms with Gasteiger partial charge in [0.15, 0.2) is 0 Å². The van der Waals surface area contributed by atoms with Gasteiger partial charge in [-0.05, 0) is 60.7 Å². The normalized spacial score (nSPS) is 11.4. The molecule has 7 aromatic rings. The SMILES string of the molecule is c1ccc2[nH]c(-c3ccc(-c4ccc(-c5ccc(-c6nc7ccccc7[nH]6)cn5)s4)nc3)nc2c1. The first kappa shape index (κ1) is 19.8. The van der Waals surface area contributed by atoms with Gasteiger partial charge in [0, 0.05) is 23.5 Å². The maximum Gasteiger partial charge on any atom is 0.140 e. The van der Waals surface area contributed by atoms with Gasteiger partial charge >= 0.3 is 0 Å². The van der Waals surface area contributed by atoms with Gasteiger partial charge in [-0.1, -0.05) is 24.3 Å². The Labute approximate surface area is 204 Å². The van der Waals surface area contributed by atoms with Crippen molar-refractivity contribution in [2.75, 3.05) is 0 Å². The Kier molecular flexibility index (Phi) is 4.53. The summed E-state index contributed by atoms with van der Waals surface area (Å²) in [5.41, 5.74) is 7.73. The average Bonchev–Trinajstić information content (AvgIpc) is 3.67. The third-order valence-electron chi connectivity index (χ3n) is 5.96. The summed E-state index contributed by atoms with van der Waals surface area (Å²) >= 11 is 1.68. The van der Waals surface area contributed by atoms with Gasteiger partial charge in [-0.2, -0.15) is 0 Å². The maximum absolute atomic E-state index is 4.69. The monoisotopic (exact) mass is 470 g/mol. The Morgan fingerprint density at radius 3 is 1.43 bits per heavy atom. The van der Waals surface area contributed by atoms with E-state index in [0.717, 1.165) is 66.0 Å². The Morgan fingerprint density at radius 2 is 1.00 bits per heavy atom. The van der Waals surface area contributed by atoms with Crippen LogP contribution in [0.3, 0.4) is 0 Å². The first-order chi connectivity index (χ1) is 17.3. The summed E-state index contributed by atoms with van der Waals surface area (Å²) in [5.74, 6) is 1.65. The zero-order valence-corrected chi connectivity index (χ0v) is 19.3. The first-order valence-corrected chi connectivity index (χ1v) is 12.0. The molecule has 2 N–H and O–H groups in total. The Hall–Kier alpha value is -4.62. The second kappa shape index (κ2) is 8.00. The van der Waals surface area contributed by atoms with Crippen molar-refractivity contribution in [1.82, 2.24) is 29.9 Å². The zero-order valence-electron chi connectivity index (χ0n) is 18.4. The van der Waals surface area contributed by atoms with E-state index in [1.807, 2.05) is 73.1 Å². The van der Waals surface area contributed by atoms with Crippen LogP contribution in [0, 0.1) is 0 Å². The minimum atomic E-state index is 0.825. The standard InChI is InChI=1S/C28H18N6S/c1-2-6-20-19(5-1)31-27(32-20)17-9-11-23(29-15-17)25-13-14-26(35-25)24-12-10-18(16-30-24)28-33-21-7-3-4-8-22(21)34-28/h1-16H,(H,31,32)(H,33,34). The molecule has 0 aliphatic heterocycles. The van der Waals surface area contributed by atoms with E-state index in [2.05, 4.69) is 44.2 Å². The number of benzene rings is 2. The maximum atomic E-state index is 4.69. The topological polar surface area (TPSA) is 83.1 Å². The van der Waals surface area contributed by atoms with Gasteiger partial charge < -0.3 is 9.97 Å². The number of H-pyrrole nitrogens is 2. The number of rotatable bonds is 4. The summed E-state index contributed by atoms with van der Waals surface area (Å²) in [6, 6.07) is 28.4. The number of thiophene rings is 1. The molecule has 7 heteroatoms. The van der Waals surface area contributed by atoms with Crippen molar-refractivity contribution < 1.29 is 0 Å². The molecule has 6 nitrogen and oxygen atoms in total. The Bertz CT molecular complexity index is 1590. The lowest BCUT2D eigenvalue weighted by molar-refractivity contribution is 1.28. The van der Waals surface area contributed by atoms with E-state index in [4.69, 9.17) is 9.97 Å². The Balaban J connectivity index is 1.13. The van der Waals surface area contributed by atoms with Gasteiger partial charge in [0.25, 0.3) is 0 Å². The number of para-hydroxylation sites is 4. The largest absolute Gasteiger partial charge is 0.338 e. The molecule has 7 rings (SSSR count). The van der Waals surface area contributed by atoms with Crippen molar-refractivity contribution in [2.24, 2.45) is 0 Å². The lowest BCUT2D eigenvalue weighted by Gasteiger charge is -2.00. The van der Waals surface area contributed by atoms with Crippen molar-refractivity contribution in [1.29, 1.82) is 0 Å². The molecular weight excluding hydrogens is 452 g/mol. The first-order valence-electron chi connectivity index (χ1n) is 11.2. The lowest BCUT2D eigenvalue weighted by Crippen LogP contribution is -1.85. The molecule has 0 aliphatic rings. The number of imidazole rings is 2. The minimum Gasteiger partial charge on any atom is -0.338 e. The number of hydrogen-bond acceptors (Lipinski definition) is 5. The van der Waals surface area contributed by atoms with Crippen molar-refractivity contribution in [3.05, 3.63) is 97.3 Å². The number of aromatic amines is 2. The lowest BCUT2D eigenvalue weighted by atomic mass is 10.2. The third kappa shape index (κ3) is 3.59. The second-order valence-electron chi connectivity index (χ2n) is 8.23. The van der Waals surface area contributed by atoms with Crippen LogP contribution in [-0.4, -0.2) is 29.9 Å². The van der Waals surface area contributed by atoms with Gasteiger partial charge in [0.2, 0.25) is 0 Å². The number of fused-ring (bicyclic) bond motifs is 2. The van der Waals surface area contributed by atoms with E-state index in [0.29, 0.717) is 0 Å². The fourth-order valence-corrected chi connectivity index (χ4v) is 5.11. The quantitative estimate of drug-likeness (QED) is 0.291. The molecule has 0 amide bonds. The number of nitrogens with one attached hydrogen (secondary N) is 2. The van der Waals surface area contributed by atoms with Gasteiger partial charge in [-0.25, -0.2) is 9.97 Å². The molecule has 0 aliphatic carbocycles. The highest BCUT2D eigenvalue weighted by molar-refractivity contribution is 7.18. The predicted molar refractivity (Wildman–Crippen MR) is 141 cm³/mol. The van der Waals surface area contributed by atoms with Crippen LogP contribution >= 0.6 is 11.3 Å². The molecule has 5 heterocycles. The molecular formula is C28H18N6S. The summed E-state index contributed by atoms with van der Waals surface area (Å²) in [4.78, 5) is 27.6. The number of hydrogen-bond donors (Lipinski definition) is 2. The van der Waals surface area contributed by atoms with Gasteiger partial charge in [0.05, 0.1) is 43.2 Å². The van der Waals surface area contributed by atoms with E-state index in [-0.39, 0.29) is 0 Å². The molecule has 35 heavy (non-hydrogen) atoms. The van der Waals surface area contributed by atoms with E-state index in [1.165, 1.54) is 0 Å². The van der Waals surface area contributed by atoms with Crippen LogP contribution < -0.4 is 0 Å². The zero-order chi connectivity index (χ0) is 23.2. The third-order valence-corrected chi connectivity index (χ3v) is 7.09. The van der Waals surface area contributed by atoms with Crippen molar-refractivity contribution in [3.63, 3.8) is 0 Å². The van der Waals surface area contributed by atoms with Crippen molar-refractivity contribution >= 4 is 33.4 Å². The van der Waals surface area contributed by atoms with E-state index < -0.39 is 0 Å². The molecule has 0 bridgehead atoms. The van der Waals surface area contributed by atoms with Crippen LogP contribution in [0.25, 0.3) is 66.0 Å². The molecule has 166 valence electrons. The summed E-state index contributed by atoms with van der Waals surface area (Å²) < 4.78 is 0. The predicted octanol–water partition coefficient (Wildman–Crippen LogP) is 6.96. The smallest absolute Gasteiger partial charge is 0.140 e. The fourth-order valence-electron chi connectivity index (χ4n) is 4.15. The highest BCUT2D eigenvalue weighted by Crippen LogP contribution is 2.34. The molecule has 0 spiro atoms. The second-order valence-corrected chi connectivity index (χ2v) is 9.32. The summed E-state index contributed by atoms with van der Waals surface area (Å²) in [5, 5.41) is 0. The number of nitrogens with zero attached hydrogens (tertiary/aromatic N) is 4. The van der Waals surface area contributed by atoms with E-state index in [1.54, 1.807) is 11.3 Å². The van der Waals surface area contributed by atoms with Gasteiger partial charge in [-0.15, -0.1) is 11.3 Å². The molecule has 2 aromatic carbocycles. The molecule has 0 unspecified atom stereocenters. The molecule has 0 saturated heterocycles. The van der Waals surface area contributed by atoms with Crippen LogP contribution in [0.2, 0.25) is 0 Å². The summed E-state index contributed by atoms with van der Waals surface area (Å²) in [7, 11) is 0. The molecule has 0 saturated carbocycles. The fraction of sp³-hybridized carbons (Fsp3) is 0. The van der Waals surface area contributed by atoms with Gasteiger partial charge in [0.1, 0.15) is 11.6 Å². The van der Waals surface area contributed by atoms with Crippen LogP contribution in [0.1, 0.15) is 0 Å². The van der Waals surface area contributed by atoms with Crippen LogP contribution in [0.5, 0.6) is 0 Å². The van der Waals surface area contributed by atoms with Gasteiger partial charge in [-0.3, -0.25) is 9.97 Å². The molecule has 0 radical (unpaired) electrons. The molecule has 0 atom stereocenters. The number of pyridine rings is 2. The van der Waals surface area contributed by atoms with Crippen LogP contribution in [0.15, 0.2) is 97.3 Å². The van der Waals surface area contributed by atoms with E-state index >= 15 is 0 Å². The molecule has 0 fully saturated rings. The highest BCUT2D eigenvalue weighted by atomic mass is 32.1.